The van der Waals surface area contributed by atoms with Gasteiger partial charge in [0.15, 0.2) is 5.16 Å². The van der Waals surface area contributed by atoms with Crippen LogP contribution in [-0.4, -0.2) is 46.1 Å². The zero-order valence-electron chi connectivity index (χ0n) is 15.3. The van der Waals surface area contributed by atoms with Crippen LogP contribution in [0.15, 0.2) is 34.8 Å². The van der Waals surface area contributed by atoms with Crippen LogP contribution < -0.4 is 4.90 Å². The van der Waals surface area contributed by atoms with E-state index in [1.807, 2.05) is 0 Å². The van der Waals surface area contributed by atoms with Gasteiger partial charge in [-0.3, -0.25) is 4.57 Å². The Balaban J connectivity index is 1.30. The number of aromatic nitrogens is 4. The summed E-state index contributed by atoms with van der Waals surface area (Å²) in [6.45, 7) is 3.21. The number of anilines is 1. The van der Waals surface area contributed by atoms with E-state index >= 15 is 0 Å². The molecule has 1 aromatic carbocycles. The Bertz CT molecular complexity index is 948. The number of thioether (sulfide) groups is 1. The normalized spacial score (nSPS) is 17.2. The maximum Gasteiger partial charge on any atom is 0.228 e. The van der Waals surface area contributed by atoms with Crippen LogP contribution in [-0.2, 0) is 10.5 Å². The van der Waals surface area contributed by atoms with E-state index in [4.69, 9.17) is 9.72 Å². The molecule has 2 aliphatic rings. The van der Waals surface area contributed by atoms with E-state index < -0.39 is 0 Å². The van der Waals surface area contributed by atoms with Crippen LogP contribution >= 0.6 is 23.1 Å². The van der Waals surface area contributed by atoms with Crippen LogP contribution in [0.1, 0.15) is 24.6 Å². The highest BCUT2D eigenvalue weighted by Gasteiger charge is 2.32. The standard InChI is InChI=1S/C19H20FN5OS2/c20-14-3-1-13(2-4-14)17-21-15(11-27-17)12-28-19-23-22-18(25(19)16-5-6-16)24-7-9-26-10-8-24/h1-4,11,16H,5-10,12H2. The van der Waals surface area contributed by atoms with Gasteiger partial charge in [-0.15, -0.1) is 21.5 Å². The molecule has 3 aromatic rings. The van der Waals surface area contributed by atoms with Crippen molar-refractivity contribution in [2.75, 3.05) is 31.2 Å². The number of hydrogen-bond acceptors (Lipinski definition) is 7. The van der Waals surface area contributed by atoms with Gasteiger partial charge in [-0.2, -0.15) is 0 Å². The van der Waals surface area contributed by atoms with Crippen molar-refractivity contribution in [1.29, 1.82) is 0 Å². The molecule has 2 fully saturated rings. The number of nitrogens with zero attached hydrogens (tertiary/aromatic N) is 5. The highest BCUT2D eigenvalue weighted by atomic mass is 32.2. The topological polar surface area (TPSA) is 56.1 Å². The van der Waals surface area contributed by atoms with Gasteiger partial charge in [0, 0.05) is 35.8 Å². The Kier molecular flexibility index (Phi) is 5.04. The molecule has 0 spiro atoms. The largest absolute Gasteiger partial charge is 0.378 e. The van der Waals surface area contributed by atoms with E-state index in [1.165, 1.54) is 25.0 Å². The molecule has 28 heavy (non-hydrogen) atoms. The van der Waals surface area contributed by atoms with E-state index in [9.17, 15) is 4.39 Å². The Morgan fingerprint density at radius 2 is 1.93 bits per heavy atom. The molecule has 1 aliphatic heterocycles. The highest BCUT2D eigenvalue weighted by molar-refractivity contribution is 7.98. The van der Waals surface area contributed by atoms with Crippen molar-refractivity contribution in [1.82, 2.24) is 19.7 Å². The molecule has 0 N–H and O–H groups in total. The first-order valence-electron chi connectivity index (χ1n) is 9.38. The van der Waals surface area contributed by atoms with Crippen LogP contribution in [0.25, 0.3) is 10.6 Å². The molecule has 1 saturated carbocycles. The Morgan fingerprint density at radius 3 is 2.68 bits per heavy atom. The van der Waals surface area contributed by atoms with Crippen LogP contribution in [0.4, 0.5) is 10.3 Å². The minimum absolute atomic E-state index is 0.230. The molecule has 6 nitrogen and oxygen atoms in total. The van der Waals surface area contributed by atoms with Crippen LogP contribution in [0.5, 0.6) is 0 Å². The van der Waals surface area contributed by atoms with E-state index in [0.29, 0.717) is 6.04 Å². The first kappa shape index (κ1) is 18.1. The third-order valence-electron chi connectivity index (χ3n) is 4.84. The Labute approximate surface area is 170 Å². The molecule has 5 rings (SSSR count). The molecular weight excluding hydrogens is 397 g/mol. The molecule has 0 unspecified atom stereocenters. The summed E-state index contributed by atoms with van der Waals surface area (Å²) in [4.78, 5) is 6.98. The first-order chi connectivity index (χ1) is 13.8. The molecule has 3 heterocycles. The van der Waals surface area contributed by atoms with Crippen LogP contribution in [0, 0.1) is 5.82 Å². The van der Waals surface area contributed by atoms with Crippen molar-refractivity contribution >= 4 is 29.0 Å². The van der Waals surface area contributed by atoms with Gasteiger partial charge in [-0.25, -0.2) is 9.37 Å². The van der Waals surface area contributed by atoms with Crippen LogP contribution in [0.3, 0.4) is 0 Å². The fraction of sp³-hybridized carbons (Fsp3) is 0.421. The summed E-state index contributed by atoms with van der Waals surface area (Å²) in [6.07, 6.45) is 2.38. The highest BCUT2D eigenvalue weighted by Crippen LogP contribution is 2.41. The number of morpholine rings is 1. The van der Waals surface area contributed by atoms with Crippen molar-refractivity contribution in [2.24, 2.45) is 0 Å². The molecule has 9 heteroatoms. The number of hydrogen-bond donors (Lipinski definition) is 0. The second-order valence-corrected chi connectivity index (χ2v) is 8.72. The lowest BCUT2D eigenvalue weighted by molar-refractivity contribution is 0.121. The minimum atomic E-state index is -0.230. The Morgan fingerprint density at radius 1 is 1.14 bits per heavy atom. The first-order valence-corrected chi connectivity index (χ1v) is 11.3. The van der Waals surface area contributed by atoms with Gasteiger partial charge >= 0.3 is 0 Å². The monoisotopic (exact) mass is 417 g/mol. The van der Waals surface area contributed by atoms with Crippen molar-refractivity contribution in [3.8, 4) is 10.6 Å². The third kappa shape index (κ3) is 3.78. The lowest BCUT2D eigenvalue weighted by Crippen LogP contribution is -2.38. The van der Waals surface area contributed by atoms with Gasteiger partial charge in [0.2, 0.25) is 5.95 Å². The second-order valence-electron chi connectivity index (χ2n) is 6.92. The SMILES string of the molecule is Fc1ccc(-c2nc(CSc3nnc(N4CCOCC4)n3C3CC3)cs2)cc1. The number of rotatable bonds is 6. The minimum Gasteiger partial charge on any atom is -0.378 e. The van der Waals surface area contributed by atoms with Gasteiger partial charge in [-0.05, 0) is 37.1 Å². The fourth-order valence-electron chi connectivity index (χ4n) is 3.24. The number of benzene rings is 1. The zero-order chi connectivity index (χ0) is 18.9. The van der Waals surface area contributed by atoms with Crippen molar-refractivity contribution in [3.63, 3.8) is 0 Å². The lowest BCUT2D eigenvalue weighted by Gasteiger charge is -2.27. The predicted molar refractivity (Wildman–Crippen MR) is 108 cm³/mol. The van der Waals surface area contributed by atoms with E-state index in [0.717, 1.165) is 59.4 Å². The number of halogens is 1. The van der Waals surface area contributed by atoms with Crippen LogP contribution in [0.2, 0.25) is 0 Å². The molecule has 0 amide bonds. The molecule has 146 valence electrons. The fourth-order valence-corrected chi connectivity index (χ4v) is 5.06. The summed E-state index contributed by atoms with van der Waals surface area (Å²) >= 11 is 3.26. The van der Waals surface area contributed by atoms with Crippen molar-refractivity contribution in [3.05, 3.63) is 41.2 Å². The van der Waals surface area contributed by atoms with Gasteiger partial charge in [0.05, 0.1) is 18.9 Å². The van der Waals surface area contributed by atoms with Gasteiger partial charge in [0.1, 0.15) is 10.8 Å². The smallest absolute Gasteiger partial charge is 0.228 e. The maximum absolute atomic E-state index is 13.1. The average molecular weight is 418 g/mol. The summed E-state index contributed by atoms with van der Waals surface area (Å²) < 4.78 is 20.9. The number of thiazole rings is 1. The summed E-state index contributed by atoms with van der Waals surface area (Å²) in [7, 11) is 0. The molecule has 0 bridgehead atoms. The lowest BCUT2D eigenvalue weighted by atomic mass is 10.2. The van der Waals surface area contributed by atoms with E-state index in [-0.39, 0.29) is 5.82 Å². The molecule has 0 atom stereocenters. The third-order valence-corrected chi connectivity index (χ3v) is 6.76. The number of ether oxygens (including phenoxy) is 1. The molecule has 0 radical (unpaired) electrons. The van der Waals surface area contributed by atoms with Crippen molar-refractivity contribution < 1.29 is 9.13 Å². The second kappa shape index (κ2) is 7.81. The zero-order valence-corrected chi connectivity index (χ0v) is 16.9. The molecule has 2 aromatic heterocycles. The summed E-state index contributed by atoms with van der Waals surface area (Å²) in [6, 6.07) is 6.99. The molecular formula is C19H20FN5OS2. The van der Waals surface area contributed by atoms with Gasteiger partial charge < -0.3 is 9.64 Å². The quantitative estimate of drug-likeness (QED) is 0.565. The van der Waals surface area contributed by atoms with Crippen molar-refractivity contribution in [2.45, 2.75) is 29.8 Å². The predicted octanol–water partition coefficient (Wildman–Crippen LogP) is 4.00. The van der Waals surface area contributed by atoms with Gasteiger partial charge in [0.25, 0.3) is 0 Å². The summed E-state index contributed by atoms with van der Waals surface area (Å²) in [5.41, 5.74) is 1.95. The summed E-state index contributed by atoms with van der Waals surface area (Å²) in [5, 5.41) is 12.9. The maximum atomic E-state index is 13.1. The molecule has 1 saturated heterocycles. The molecule has 1 aliphatic carbocycles. The van der Waals surface area contributed by atoms with Gasteiger partial charge in [-0.1, -0.05) is 11.8 Å². The van der Waals surface area contributed by atoms with E-state index in [2.05, 4.69) is 25.0 Å². The average Bonchev–Trinajstić information content (AvgIpc) is 3.30. The van der Waals surface area contributed by atoms with E-state index in [1.54, 1.807) is 35.2 Å². The summed E-state index contributed by atoms with van der Waals surface area (Å²) in [5.74, 6) is 1.48. The Hall–Kier alpha value is -1.97.